The minimum Gasteiger partial charge on any atom is -0.508 e. The summed E-state index contributed by atoms with van der Waals surface area (Å²) in [6.45, 7) is 4.07. The van der Waals surface area contributed by atoms with E-state index < -0.39 is 0 Å². The molecule has 3 rings (SSSR count). The first kappa shape index (κ1) is 10.7. The van der Waals surface area contributed by atoms with E-state index in [1.165, 1.54) is 0 Å². The molecular weight excluding hydrogens is 228 g/mol. The van der Waals surface area contributed by atoms with Crippen LogP contribution in [0.1, 0.15) is 5.56 Å². The molecule has 0 spiro atoms. The zero-order chi connectivity index (χ0) is 12.5. The van der Waals surface area contributed by atoms with Crippen molar-refractivity contribution in [1.82, 2.24) is 0 Å². The molecule has 0 fully saturated rings. The van der Waals surface area contributed by atoms with Gasteiger partial charge in [-0.2, -0.15) is 0 Å². The van der Waals surface area contributed by atoms with Gasteiger partial charge in [-0.15, -0.1) is 0 Å². The van der Waals surface area contributed by atoms with Crippen LogP contribution in [-0.2, 0) is 0 Å². The summed E-state index contributed by atoms with van der Waals surface area (Å²) in [6, 6.07) is 10.9. The first-order valence-electron chi connectivity index (χ1n) is 5.63. The summed E-state index contributed by atoms with van der Waals surface area (Å²) < 4.78 is 10.7. The molecule has 1 N–H and O–H groups in total. The number of aromatic hydroxyl groups is 1. The van der Waals surface area contributed by atoms with Crippen LogP contribution in [0.15, 0.2) is 43.0 Å². The van der Waals surface area contributed by atoms with E-state index in [9.17, 15) is 5.11 Å². The van der Waals surface area contributed by atoms with Gasteiger partial charge in [0, 0.05) is 0 Å². The zero-order valence-corrected chi connectivity index (χ0v) is 9.72. The smallest absolute Gasteiger partial charge is 0.231 e. The van der Waals surface area contributed by atoms with Crippen molar-refractivity contribution in [3.05, 3.63) is 48.5 Å². The van der Waals surface area contributed by atoms with Crippen LogP contribution in [0.5, 0.6) is 17.2 Å². The fourth-order valence-corrected chi connectivity index (χ4v) is 2.02. The SMILES string of the molecule is C=Cc1cc2c(cc1-c1ccc(O)cc1)OCO2. The number of phenols is 1. The average molecular weight is 240 g/mol. The molecule has 90 valence electrons. The van der Waals surface area contributed by atoms with E-state index in [1.807, 2.05) is 24.3 Å². The quantitative estimate of drug-likeness (QED) is 0.874. The predicted molar refractivity (Wildman–Crippen MR) is 69.8 cm³/mol. The van der Waals surface area contributed by atoms with Crippen LogP contribution in [0.4, 0.5) is 0 Å². The van der Waals surface area contributed by atoms with E-state index in [0.29, 0.717) is 0 Å². The average Bonchev–Trinajstić information content (AvgIpc) is 2.85. The van der Waals surface area contributed by atoms with Crippen molar-refractivity contribution < 1.29 is 14.6 Å². The molecule has 3 heteroatoms. The maximum Gasteiger partial charge on any atom is 0.231 e. The highest BCUT2D eigenvalue weighted by atomic mass is 16.7. The fourth-order valence-electron chi connectivity index (χ4n) is 2.02. The maximum atomic E-state index is 9.32. The van der Waals surface area contributed by atoms with Gasteiger partial charge >= 0.3 is 0 Å². The Labute approximate surface area is 105 Å². The van der Waals surface area contributed by atoms with E-state index >= 15 is 0 Å². The molecule has 3 nitrogen and oxygen atoms in total. The normalized spacial score (nSPS) is 12.4. The van der Waals surface area contributed by atoms with Gasteiger partial charge in [-0.3, -0.25) is 0 Å². The van der Waals surface area contributed by atoms with Crippen LogP contribution in [0.3, 0.4) is 0 Å². The molecule has 0 unspecified atom stereocenters. The maximum absolute atomic E-state index is 9.32. The molecule has 0 amide bonds. The van der Waals surface area contributed by atoms with Crippen molar-refractivity contribution in [3.63, 3.8) is 0 Å². The second-order valence-corrected chi connectivity index (χ2v) is 4.04. The van der Waals surface area contributed by atoms with Crippen molar-refractivity contribution in [2.24, 2.45) is 0 Å². The molecule has 0 atom stereocenters. The third kappa shape index (κ3) is 1.70. The highest BCUT2D eigenvalue weighted by Gasteiger charge is 2.16. The first-order chi connectivity index (χ1) is 8.78. The summed E-state index contributed by atoms with van der Waals surface area (Å²) in [6.07, 6.45) is 1.78. The second kappa shape index (κ2) is 4.11. The lowest BCUT2D eigenvalue weighted by atomic mass is 9.99. The molecule has 1 aliphatic rings. The third-order valence-corrected chi connectivity index (χ3v) is 2.94. The molecule has 2 aromatic carbocycles. The molecule has 1 aliphatic heterocycles. The van der Waals surface area contributed by atoms with E-state index in [2.05, 4.69) is 6.58 Å². The topological polar surface area (TPSA) is 38.7 Å². The Morgan fingerprint density at radius 2 is 1.72 bits per heavy atom. The molecule has 0 bridgehead atoms. The molecule has 18 heavy (non-hydrogen) atoms. The van der Waals surface area contributed by atoms with Crippen molar-refractivity contribution in [1.29, 1.82) is 0 Å². The number of hydrogen-bond donors (Lipinski definition) is 1. The van der Waals surface area contributed by atoms with Crippen molar-refractivity contribution in [2.75, 3.05) is 6.79 Å². The van der Waals surface area contributed by atoms with Crippen LogP contribution < -0.4 is 9.47 Å². The van der Waals surface area contributed by atoms with Crippen LogP contribution in [-0.4, -0.2) is 11.9 Å². The lowest BCUT2D eigenvalue weighted by molar-refractivity contribution is 0.174. The van der Waals surface area contributed by atoms with Gasteiger partial charge < -0.3 is 14.6 Å². The summed E-state index contributed by atoms with van der Waals surface area (Å²) in [5.74, 6) is 1.73. The monoisotopic (exact) mass is 240 g/mol. The van der Waals surface area contributed by atoms with E-state index in [0.717, 1.165) is 28.2 Å². The number of benzene rings is 2. The molecule has 0 aromatic heterocycles. The second-order valence-electron chi connectivity index (χ2n) is 4.04. The molecule has 0 radical (unpaired) electrons. The molecule has 1 heterocycles. The number of ether oxygens (including phenoxy) is 2. The summed E-state index contributed by atoms with van der Waals surface area (Å²) >= 11 is 0. The molecule has 0 aliphatic carbocycles. The van der Waals surface area contributed by atoms with Gasteiger partial charge in [0.1, 0.15) is 5.75 Å². The highest BCUT2D eigenvalue weighted by Crippen LogP contribution is 2.39. The molecule has 0 saturated heterocycles. The minimum atomic E-state index is 0.250. The lowest BCUT2D eigenvalue weighted by Crippen LogP contribution is -1.92. The number of rotatable bonds is 2. The van der Waals surface area contributed by atoms with Crippen molar-refractivity contribution >= 4 is 6.08 Å². The van der Waals surface area contributed by atoms with Gasteiger partial charge in [-0.1, -0.05) is 24.8 Å². The Balaban J connectivity index is 2.16. The van der Waals surface area contributed by atoms with E-state index in [1.54, 1.807) is 18.2 Å². The first-order valence-corrected chi connectivity index (χ1v) is 5.63. The van der Waals surface area contributed by atoms with Gasteiger partial charge in [-0.25, -0.2) is 0 Å². The fraction of sp³-hybridized carbons (Fsp3) is 0.0667. The third-order valence-electron chi connectivity index (χ3n) is 2.94. The molecule has 0 saturated carbocycles. The van der Waals surface area contributed by atoms with Crippen LogP contribution in [0.2, 0.25) is 0 Å². The Morgan fingerprint density at radius 1 is 1.06 bits per heavy atom. The van der Waals surface area contributed by atoms with Crippen LogP contribution >= 0.6 is 0 Å². The summed E-state index contributed by atoms with van der Waals surface area (Å²) in [5, 5.41) is 9.32. The van der Waals surface area contributed by atoms with Crippen LogP contribution in [0, 0.1) is 0 Å². The van der Waals surface area contributed by atoms with Crippen molar-refractivity contribution in [2.45, 2.75) is 0 Å². The van der Waals surface area contributed by atoms with Crippen molar-refractivity contribution in [3.8, 4) is 28.4 Å². The predicted octanol–water partition coefficient (Wildman–Crippen LogP) is 3.43. The van der Waals surface area contributed by atoms with Crippen LogP contribution in [0.25, 0.3) is 17.2 Å². The Kier molecular flexibility index (Phi) is 2.45. The highest BCUT2D eigenvalue weighted by molar-refractivity contribution is 5.78. The van der Waals surface area contributed by atoms with Gasteiger partial charge in [0.2, 0.25) is 6.79 Å². The zero-order valence-electron chi connectivity index (χ0n) is 9.72. The molecule has 2 aromatic rings. The standard InChI is InChI=1S/C15H12O3/c1-2-10-7-14-15(18-9-17-14)8-13(10)11-3-5-12(16)6-4-11/h2-8,16H,1,9H2. The van der Waals surface area contributed by atoms with E-state index in [4.69, 9.17) is 9.47 Å². The Hall–Kier alpha value is -2.42. The van der Waals surface area contributed by atoms with Gasteiger partial charge in [0.25, 0.3) is 0 Å². The Morgan fingerprint density at radius 3 is 2.39 bits per heavy atom. The van der Waals surface area contributed by atoms with Gasteiger partial charge in [-0.05, 0) is 41.0 Å². The lowest BCUT2D eigenvalue weighted by Gasteiger charge is -2.08. The Bertz CT molecular complexity index is 600. The number of hydrogen-bond acceptors (Lipinski definition) is 3. The summed E-state index contributed by atoms with van der Waals surface area (Å²) in [5.41, 5.74) is 2.99. The number of fused-ring (bicyclic) bond motifs is 1. The van der Waals surface area contributed by atoms with Gasteiger partial charge in [0.15, 0.2) is 11.5 Å². The molecular formula is C15H12O3. The number of phenolic OH excluding ortho intramolecular Hbond substituents is 1. The largest absolute Gasteiger partial charge is 0.508 e. The van der Waals surface area contributed by atoms with Gasteiger partial charge in [0.05, 0.1) is 0 Å². The summed E-state index contributed by atoms with van der Waals surface area (Å²) in [7, 11) is 0. The minimum absolute atomic E-state index is 0.250. The van der Waals surface area contributed by atoms with E-state index in [-0.39, 0.29) is 12.5 Å². The summed E-state index contributed by atoms with van der Waals surface area (Å²) in [4.78, 5) is 0.